The van der Waals surface area contributed by atoms with E-state index in [-0.39, 0.29) is 36.6 Å². The third-order valence-electron chi connectivity index (χ3n) is 6.06. The van der Waals surface area contributed by atoms with E-state index in [4.69, 9.17) is 0 Å². The zero-order chi connectivity index (χ0) is 20.2. The highest BCUT2D eigenvalue weighted by atomic mass is 35.5. The molecule has 2 amide bonds. The van der Waals surface area contributed by atoms with Crippen LogP contribution in [0.1, 0.15) is 42.1 Å². The number of halogens is 2. The van der Waals surface area contributed by atoms with Gasteiger partial charge in [0.2, 0.25) is 5.91 Å². The number of carbonyl (C=O) groups is 2. The fraction of sp³-hybridized carbons (Fsp3) is 0.435. The summed E-state index contributed by atoms with van der Waals surface area (Å²) in [5.74, 6) is 0.958. The molecule has 1 saturated heterocycles. The highest BCUT2D eigenvalue weighted by Crippen LogP contribution is 2.32. The average Bonchev–Trinajstić information content (AvgIpc) is 3.17. The predicted octanol–water partition coefficient (Wildman–Crippen LogP) is 4.09. The van der Waals surface area contributed by atoms with Crippen LogP contribution in [0.4, 0.5) is 11.4 Å². The molecule has 0 spiro atoms. The van der Waals surface area contributed by atoms with Crippen molar-refractivity contribution in [3.63, 3.8) is 0 Å². The van der Waals surface area contributed by atoms with Crippen LogP contribution in [-0.2, 0) is 11.2 Å². The monoisotopic (exact) mass is 464 g/mol. The second kappa shape index (κ2) is 11.5. The lowest BCUT2D eigenvalue weighted by Crippen LogP contribution is -2.34. The second-order valence-electron chi connectivity index (χ2n) is 8.13. The van der Waals surface area contributed by atoms with Crippen LogP contribution < -0.4 is 15.5 Å². The number of hydrogen-bond acceptors (Lipinski definition) is 4. The van der Waals surface area contributed by atoms with Gasteiger partial charge in [0.1, 0.15) is 0 Å². The SMILES string of the molecule is CC(CC(=O)Nc1ccc2c(c1)CCN2C(=O)c1cccnc1)C1CCCNC1.Cl.Cl. The molecule has 6 nitrogen and oxygen atoms in total. The van der Waals surface area contributed by atoms with Crippen molar-refractivity contribution in [3.8, 4) is 0 Å². The lowest BCUT2D eigenvalue weighted by Gasteiger charge is -2.28. The first-order valence-corrected chi connectivity index (χ1v) is 10.5. The molecular weight excluding hydrogens is 435 g/mol. The Morgan fingerprint density at radius 1 is 1.29 bits per heavy atom. The first-order valence-electron chi connectivity index (χ1n) is 10.5. The number of amides is 2. The summed E-state index contributed by atoms with van der Waals surface area (Å²) in [6.45, 7) is 4.91. The molecule has 1 fully saturated rings. The smallest absolute Gasteiger partial charge is 0.259 e. The maximum absolute atomic E-state index is 12.8. The number of aromatic nitrogens is 1. The first-order chi connectivity index (χ1) is 14.1. The van der Waals surface area contributed by atoms with Gasteiger partial charge in [-0.15, -0.1) is 24.8 Å². The van der Waals surface area contributed by atoms with E-state index in [0.29, 0.717) is 30.4 Å². The summed E-state index contributed by atoms with van der Waals surface area (Å²) < 4.78 is 0. The van der Waals surface area contributed by atoms with Crippen molar-refractivity contribution >= 4 is 48.0 Å². The van der Waals surface area contributed by atoms with Crippen LogP contribution in [0.25, 0.3) is 0 Å². The number of carbonyl (C=O) groups excluding carboxylic acids is 2. The molecule has 2 unspecified atom stereocenters. The molecule has 2 aromatic rings. The van der Waals surface area contributed by atoms with Gasteiger partial charge in [0.15, 0.2) is 0 Å². The molecule has 0 saturated carbocycles. The minimum absolute atomic E-state index is 0. The molecule has 0 radical (unpaired) electrons. The van der Waals surface area contributed by atoms with E-state index in [1.807, 2.05) is 18.2 Å². The van der Waals surface area contributed by atoms with E-state index in [2.05, 4.69) is 22.5 Å². The average molecular weight is 465 g/mol. The molecule has 31 heavy (non-hydrogen) atoms. The van der Waals surface area contributed by atoms with Crippen molar-refractivity contribution in [2.24, 2.45) is 11.8 Å². The summed E-state index contributed by atoms with van der Waals surface area (Å²) in [6.07, 6.45) is 6.97. The summed E-state index contributed by atoms with van der Waals surface area (Å²) in [5, 5.41) is 6.47. The Labute approximate surface area is 196 Å². The molecule has 3 heterocycles. The van der Waals surface area contributed by atoms with E-state index in [0.717, 1.165) is 36.4 Å². The van der Waals surface area contributed by atoms with E-state index in [9.17, 15) is 9.59 Å². The van der Waals surface area contributed by atoms with Gasteiger partial charge in [0.05, 0.1) is 5.56 Å². The Balaban J connectivity index is 0.00000171. The van der Waals surface area contributed by atoms with Crippen molar-refractivity contribution in [2.75, 3.05) is 29.9 Å². The minimum Gasteiger partial charge on any atom is -0.326 e. The number of rotatable bonds is 5. The molecule has 2 aliphatic heterocycles. The second-order valence-corrected chi connectivity index (χ2v) is 8.13. The molecule has 1 aromatic heterocycles. The van der Waals surface area contributed by atoms with Gasteiger partial charge in [0, 0.05) is 36.7 Å². The molecule has 168 valence electrons. The maximum Gasteiger partial charge on any atom is 0.259 e. The summed E-state index contributed by atoms with van der Waals surface area (Å²) in [4.78, 5) is 31.1. The minimum atomic E-state index is -0.0384. The molecule has 2 aliphatic rings. The van der Waals surface area contributed by atoms with Gasteiger partial charge in [0.25, 0.3) is 5.91 Å². The fourth-order valence-electron chi connectivity index (χ4n) is 4.37. The Morgan fingerprint density at radius 2 is 2.13 bits per heavy atom. The number of nitrogens with zero attached hydrogens (tertiary/aromatic N) is 2. The standard InChI is InChI=1S/C23H28N4O2.2ClH/c1-16(18-4-2-9-24-14-18)12-22(28)26-20-6-7-21-17(13-20)8-11-27(21)23(29)19-5-3-10-25-15-19;;/h3,5-7,10,13,15-16,18,24H,2,4,8-9,11-12,14H2,1H3,(H,26,28);2*1H. The lowest BCUT2D eigenvalue weighted by atomic mass is 9.85. The van der Waals surface area contributed by atoms with Gasteiger partial charge < -0.3 is 15.5 Å². The van der Waals surface area contributed by atoms with Crippen molar-refractivity contribution in [1.82, 2.24) is 10.3 Å². The number of benzene rings is 1. The number of piperidine rings is 1. The van der Waals surface area contributed by atoms with Gasteiger partial charge >= 0.3 is 0 Å². The molecule has 2 N–H and O–H groups in total. The van der Waals surface area contributed by atoms with Gasteiger partial charge in [-0.3, -0.25) is 14.6 Å². The van der Waals surface area contributed by atoms with Crippen LogP contribution in [0.3, 0.4) is 0 Å². The Bertz CT molecular complexity index is 888. The summed E-state index contributed by atoms with van der Waals surface area (Å²) >= 11 is 0. The zero-order valence-corrected chi connectivity index (χ0v) is 19.3. The van der Waals surface area contributed by atoms with Crippen molar-refractivity contribution in [2.45, 2.75) is 32.6 Å². The highest BCUT2D eigenvalue weighted by molar-refractivity contribution is 6.07. The molecule has 1 aromatic carbocycles. The molecule has 2 atom stereocenters. The van der Waals surface area contributed by atoms with Crippen molar-refractivity contribution in [1.29, 1.82) is 0 Å². The highest BCUT2D eigenvalue weighted by Gasteiger charge is 2.26. The third kappa shape index (κ3) is 5.97. The number of hydrogen-bond donors (Lipinski definition) is 2. The van der Waals surface area contributed by atoms with Crippen LogP contribution in [0.5, 0.6) is 0 Å². The van der Waals surface area contributed by atoms with Gasteiger partial charge in [-0.05, 0) is 80.1 Å². The number of pyridine rings is 1. The van der Waals surface area contributed by atoms with Gasteiger partial charge in [-0.2, -0.15) is 0 Å². The zero-order valence-electron chi connectivity index (χ0n) is 17.7. The quantitative estimate of drug-likeness (QED) is 0.698. The molecule has 0 aliphatic carbocycles. The van der Waals surface area contributed by atoms with Gasteiger partial charge in [-0.1, -0.05) is 6.92 Å². The largest absolute Gasteiger partial charge is 0.326 e. The van der Waals surface area contributed by atoms with E-state index in [1.165, 1.54) is 12.8 Å². The maximum atomic E-state index is 12.8. The normalized spacial score (nSPS) is 18.2. The lowest BCUT2D eigenvalue weighted by molar-refractivity contribution is -0.117. The van der Waals surface area contributed by atoms with Crippen LogP contribution in [0.2, 0.25) is 0 Å². The van der Waals surface area contributed by atoms with E-state index < -0.39 is 0 Å². The van der Waals surface area contributed by atoms with Crippen LogP contribution in [0.15, 0.2) is 42.7 Å². The van der Waals surface area contributed by atoms with Crippen LogP contribution in [0, 0.1) is 11.8 Å². The first kappa shape index (κ1) is 25.1. The molecule has 4 rings (SSSR count). The van der Waals surface area contributed by atoms with Crippen LogP contribution >= 0.6 is 24.8 Å². The van der Waals surface area contributed by atoms with Crippen molar-refractivity contribution < 1.29 is 9.59 Å². The fourth-order valence-corrected chi connectivity index (χ4v) is 4.37. The topological polar surface area (TPSA) is 74.3 Å². The molecule has 0 bridgehead atoms. The predicted molar refractivity (Wildman–Crippen MR) is 129 cm³/mol. The van der Waals surface area contributed by atoms with Gasteiger partial charge in [-0.25, -0.2) is 0 Å². The number of fused-ring (bicyclic) bond motifs is 1. The molecule has 8 heteroatoms. The number of anilines is 2. The third-order valence-corrected chi connectivity index (χ3v) is 6.06. The van der Waals surface area contributed by atoms with E-state index in [1.54, 1.807) is 29.4 Å². The summed E-state index contributed by atoms with van der Waals surface area (Å²) in [7, 11) is 0. The Kier molecular flexibility index (Phi) is 9.29. The summed E-state index contributed by atoms with van der Waals surface area (Å²) in [5.41, 5.74) is 3.39. The Hall–Kier alpha value is -2.15. The number of nitrogens with one attached hydrogen (secondary N) is 2. The summed E-state index contributed by atoms with van der Waals surface area (Å²) in [6, 6.07) is 9.37. The molecular formula is C23H30Cl2N4O2. The Morgan fingerprint density at radius 3 is 2.84 bits per heavy atom. The van der Waals surface area contributed by atoms with Crippen LogP contribution in [-0.4, -0.2) is 36.4 Å². The van der Waals surface area contributed by atoms with Crippen molar-refractivity contribution in [3.05, 3.63) is 53.9 Å². The van der Waals surface area contributed by atoms with E-state index >= 15 is 0 Å².